The van der Waals surface area contributed by atoms with Crippen molar-refractivity contribution >= 4 is 33.2 Å². The molecule has 0 radical (unpaired) electrons. The summed E-state index contributed by atoms with van der Waals surface area (Å²) in [4.78, 5) is 22.0. The minimum atomic E-state index is -0.576. The summed E-state index contributed by atoms with van der Waals surface area (Å²) < 4.78 is 6.10. The zero-order valence-electron chi connectivity index (χ0n) is 10.8. The summed E-state index contributed by atoms with van der Waals surface area (Å²) in [5, 5.41) is 5.01. The smallest absolute Gasteiger partial charge is 0.360 e. The summed E-state index contributed by atoms with van der Waals surface area (Å²) in [5.74, 6) is 0.00857. The number of rotatable bonds is 2. The molecule has 0 saturated heterocycles. The van der Waals surface area contributed by atoms with E-state index >= 15 is 0 Å². The number of nitrogen functional groups attached to an aromatic ring is 1. The van der Waals surface area contributed by atoms with Crippen LogP contribution in [0.4, 0.5) is 5.69 Å². The van der Waals surface area contributed by atoms with Gasteiger partial charge in [-0.3, -0.25) is 0 Å². The van der Waals surface area contributed by atoms with Crippen molar-refractivity contribution < 1.29 is 9.53 Å². The van der Waals surface area contributed by atoms with Crippen LogP contribution in [0.25, 0.3) is 16.0 Å². The summed E-state index contributed by atoms with van der Waals surface area (Å²) in [6.45, 7) is 1.99. The molecule has 2 N–H and O–H groups in total. The number of aryl methyl sites for hydroxylation is 1. The third kappa shape index (κ3) is 1.90. The van der Waals surface area contributed by atoms with E-state index < -0.39 is 5.97 Å². The van der Waals surface area contributed by atoms with Crippen LogP contribution in [0.3, 0.4) is 0 Å². The predicted molar refractivity (Wildman–Crippen MR) is 75.0 cm³/mol. The predicted octanol–water partition coefficient (Wildman–Crippen LogP) is 1.55. The Kier molecular flexibility index (Phi) is 2.87. The first-order valence-electron chi connectivity index (χ1n) is 5.75. The van der Waals surface area contributed by atoms with Crippen molar-refractivity contribution in [2.75, 3.05) is 12.8 Å². The van der Waals surface area contributed by atoms with Crippen molar-refractivity contribution in [2.24, 2.45) is 0 Å². The zero-order chi connectivity index (χ0) is 14.3. The molecule has 0 aliphatic rings. The molecule has 3 aromatic heterocycles. The summed E-state index contributed by atoms with van der Waals surface area (Å²) in [5.41, 5.74) is 6.10. The molecule has 20 heavy (non-hydrogen) atoms. The van der Waals surface area contributed by atoms with E-state index in [9.17, 15) is 4.79 Å². The maximum atomic E-state index is 11.5. The normalized spacial score (nSPS) is 10.9. The van der Waals surface area contributed by atoms with Gasteiger partial charge >= 0.3 is 5.97 Å². The molecule has 0 bridgehead atoms. The van der Waals surface area contributed by atoms with Gasteiger partial charge in [-0.25, -0.2) is 19.4 Å². The highest BCUT2D eigenvalue weighted by Crippen LogP contribution is 2.27. The molecule has 3 aromatic rings. The van der Waals surface area contributed by atoms with Gasteiger partial charge in [-0.2, -0.15) is 5.10 Å². The Balaban J connectivity index is 2.18. The fraction of sp³-hybridized carbons (Fsp3) is 0.167. The van der Waals surface area contributed by atoms with E-state index in [4.69, 9.17) is 5.73 Å². The van der Waals surface area contributed by atoms with Gasteiger partial charge in [0.25, 0.3) is 0 Å². The van der Waals surface area contributed by atoms with Gasteiger partial charge in [-0.15, -0.1) is 11.3 Å². The number of nitrogens with two attached hydrogens (primary N) is 1. The minimum Gasteiger partial charge on any atom is -0.464 e. The first-order chi connectivity index (χ1) is 9.60. The lowest BCUT2D eigenvalue weighted by atomic mass is 10.3. The fourth-order valence-corrected chi connectivity index (χ4v) is 2.74. The molecule has 7 nitrogen and oxygen atoms in total. The standard InChI is InChI=1S/C12H11N5O2S/c1-6-3-7-10(14-5-15-11(7)20-6)17-4-8(13)9(16-17)12(18)19-2/h3-5H,13H2,1-2H3. The summed E-state index contributed by atoms with van der Waals surface area (Å²) in [6.07, 6.45) is 3.00. The van der Waals surface area contributed by atoms with Crippen LogP contribution < -0.4 is 5.73 Å². The van der Waals surface area contributed by atoms with Gasteiger partial charge < -0.3 is 10.5 Å². The van der Waals surface area contributed by atoms with Crippen LogP contribution in [0.1, 0.15) is 15.4 Å². The molecule has 3 heterocycles. The second kappa shape index (κ2) is 4.57. The molecule has 0 aliphatic heterocycles. The Morgan fingerprint density at radius 2 is 2.25 bits per heavy atom. The van der Waals surface area contributed by atoms with Crippen LogP contribution in [0.5, 0.6) is 0 Å². The lowest BCUT2D eigenvalue weighted by Crippen LogP contribution is -2.06. The fourth-order valence-electron chi connectivity index (χ4n) is 1.90. The molecule has 0 aliphatic carbocycles. The van der Waals surface area contributed by atoms with Crippen molar-refractivity contribution in [1.29, 1.82) is 0 Å². The van der Waals surface area contributed by atoms with Gasteiger partial charge in [-0.05, 0) is 13.0 Å². The van der Waals surface area contributed by atoms with Crippen LogP contribution in [-0.4, -0.2) is 32.8 Å². The van der Waals surface area contributed by atoms with Crippen LogP contribution in [-0.2, 0) is 4.74 Å². The minimum absolute atomic E-state index is 0.0752. The topological polar surface area (TPSA) is 95.9 Å². The Morgan fingerprint density at radius 1 is 1.45 bits per heavy atom. The number of hydrogen-bond donors (Lipinski definition) is 1. The highest BCUT2D eigenvalue weighted by Gasteiger charge is 2.18. The number of fused-ring (bicyclic) bond motifs is 1. The van der Waals surface area contributed by atoms with Gasteiger partial charge in [0.2, 0.25) is 0 Å². The lowest BCUT2D eigenvalue weighted by molar-refractivity contribution is 0.0594. The first-order valence-corrected chi connectivity index (χ1v) is 6.56. The molecule has 0 fully saturated rings. The van der Waals surface area contributed by atoms with Gasteiger partial charge in [-0.1, -0.05) is 0 Å². The van der Waals surface area contributed by atoms with Gasteiger partial charge in [0.15, 0.2) is 11.5 Å². The number of nitrogens with zero attached hydrogens (tertiary/aromatic N) is 4. The number of carbonyl (C=O) groups is 1. The molecule has 0 aromatic carbocycles. The van der Waals surface area contributed by atoms with Crippen molar-refractivity contribution in [3.05, 3.63) is 29.2 Å². The SMILES string of the molecule is COC(=O)c1nn(-c2ncnc3sc(C)cc23)cc1N. The Hall–Kier alpha value is -2.48. The average Bonchev–Trinajstić information content (AvgIpc) is 2.99. The summed E-state index contributed by atoms with van der Waals surface area (Å²) in [7, 11) is 1.28. The van der Waals surface area contributed by atoms with Crippen LogP contribution in [0.2, 0.25) is 0 Å². The maximum Gasteiger partial charge on any atom is 0.360 e. The lowest BCUT2D eigenvalue weighted by Gasteiger charge is -2.00. The number of ether oxygens (including phenoxy) is 1. The van der Waals surface area contributed by atoms with Crippen LogP contribution in [0.15, 0.2) is 18.6 Å². The largest absolute Gasteiger partial charge is 0.464 e. The Morgan fingerprint density at radius 3 is 3.00 bits per heavy atom. The molecule has 102 valence electrons. The quantitative estimate of drug-likeness (QED) is 0.719. The van der Waals surface area contributed by atoms with Crippen molar-refractivity contribution in [1.82, 2.24) is 19.7 Å². The van der Waals surface area contributed by atoms with Crippen LogP contribution >= 0.6 is 11.3 Å². The molecular weight excluding hydrogens is 278 g/mol. The van der Waals surface area contributed by atoms with Gasteiger partial charge in [0.1, 0.15) is 11.2 Å². The Bertz CT molecular complexity index is 807. The number of esters is 1. The number of carbonyl (C=O) groups excluding carboxylic acids is 1. The number of methoxy groups -OCH3 is 1. The van der Waals surface area contributed by atoms with Crippen LogP contribution in [0, 0.1) is 6.92 Å². The molecule has 8 heteroatoms. The maximum absolute atomic E-state index is 11.5. The van der Waals surface area contributed by atoms with Gasteiger partial charge in [0, 0.05) is 4.88 Å². The molecule has 3 rings (SSSR count). The highest BCUT2D eigenvalue weighted by atomic mass is 32.1. The van der Waals surface area contributed by atoms with E-state index in [2.05, 4.69) is 19.8 Å². The molecule has 0 atom stereocenters. The van der Waals surface area contributed by atoms with E-state index in [-0.39, 0.29) is 11.4 Å². The number of anilines is 1. The number of thiophene rings is 1. The molecule has 0 amide bonds. The van der Waals surface area contributed by atoms with E-state index in [1.807, 2.05) is 13.0 Å². The second-order valence-electron chi connectivity index (χ2n) is 4.14. The van der Waals surface area contributed by atoms with Crippen molar-refractivity contribution in [2.45, 2.75) is 6.92 Å². The summed E-state index contributed by atoms with van der Waals surface area (Å²) in [6, 6.07) is 1.98. The zero-order valence-corrected chi connectivity index (χ0v) is 11.6. The molecule has 0 spiro atoms. The molecular formula is C12H11N5O2S. The molecule has 0 saturated carbocycles. The van der Waals surface area contributed by atoms with Gasteiger partial charge in [0.05, 0.1) is 24.4 Å². The third-order valence-electron chi connectivity index (χ3n) is 2.77. The summed E-state index contributed by atoms with van der Waals surface area (Å²) >= 11 is 1.57. The number of aromatic nitrogens is 4. The monoisotopic (exact) mass is 289 g/mol. The average molecular weight is 289 g/mol. The second-order valence-corrected chi connectivity index (χ2v) is 5.38. The van der Waals surface area contributed by atoms with E-state index in [1.165, 1.54) is 18.1 Å². The third-order valence-corrected chi connectivity index (χ3v) is 3.73. The van der Waals surface area contributed by atoms with Crippen molar-refractivity contribution in [3.63, 3.8) is 0 Å². The van der Waals surface area contributed by atoms with E-state index in [0.717, 1.165) is 15.1 Å². The first kappa shape index (κ1) is 12.5. The highest BCUT2D eigenvalue weighted by molar-refractivity contribution is 7.18. The molecule has 0 unspecified atom stereocenters. The Labute approximate surface area is 118 Å². The number of hydrogen-bond acceptors (Lipinski definition) is 7. The van der Waals surface area contributed by atoms with Crippen molar-refractivity contribution in [3.8, 4) is 5.82 Å². The van der Waals surface area contributed by atoms with E-state index in [1.54, 1.807) is 17.5 Å². The van der Waals surface area contributed by atoms with E-state index in [0.29, 0.717) is 5.82 Å².